The number of nitrogens with one attached hydrogen (secondary N) is 2. The lowest BCUT2D eigenvalue weighted by atomic mass is 10.2. The van der Waals surface area contributed by atoms with E-state index in [9.17, 15) is 9.59 Å². The van der Waals surface area contributed by atoms with E-state index >= 15 is 0 Å². The fourth-order valence-corrected chi connectivity index (χ4v) is 1.86. The van der Waals surface area contributed by atoms with Crippen LogP contribution >= 0.6 is 15.9 Å². The molecule has 2 rings (SSSR count). The monoisotopic (exact) mass is 325 g/mol. The Labute approximate surface area is 120 Å². The second-order valence-corrected chi connectivity index (χ2v) is 5.59. The molecule has 1 fully saturated rings. The van der Waals surface area contributed by atoms with Crippen LogP contribution in [0.1, 0.15) is 23.2 Å². The quantitative estimate of drug-likeness (QED) is 0.700. The predicted molar refractivity (Wildman–Crippen MR) is 75.6 cm³/mol. The molecule has 19 heavy (non-hydrogen) atoms. The van der Waals surface area contributed by atoms with Gasteiger partial charge in [0.1, 0.15) is 0 Å². The van der Waals surface area contributed by atoms with Crippen molar-refractivity contribution in [3.63, 3.8) is 0 Å². The number of halogens is 1. The number of rotatable bonds is 5. The summed E-state index contributed by atoms with van der Waals surface area (Å²) in [6.45, 7) is 0.775. The molecule has 4 N–H and O–H groups in total. The van der Waals surface area contributed by atoms with E-state index in [2.05, 4.69) is 26.6 Å². The van der Waals surface area contributed by atoms with E-state index in [4.69, 9.17) is 5.73 Å². The molecule has 102 valence electrons. The maximum Gasteiger partial charge on any atom is 0.251 e. The van der Waals surface area contributed by atoms with E-state index in [0.717, 1.165) is 17.3 Å². The van der Waals surface area contributed by atoms with Gasteiger partial charge in [-0.1, -0.05) is 15.9 Å². The highest BCUT2D eigenvalue weighted by atomic mass is 79.9. The lowest BCUT2D eigenvalue weighted by molar-refractivity contribution is -0.123. The first-order chi connectivity index (χ1) is 9.01. The van der Waals surface area contributed by atoms with E-state index < -0.39 is 5.54 Å². The van der Waals surface area contributed by atoms with Crippen LogP contribution < -0.4 is 16.4 Å². The first-order valence-electron chi connectivity index (χ1n) is 6.12. The van der Waals surface area contributed by atoms with Gasteiger partial charge in [-0.15, -0.1) is 0 Å². The Hall–Kier alpha value is -1.40. The Morgan fingerprint density at radius 3 is 2.32 bits per heavy atom. The molecule has 0 aliphatic heterocycles. The molecule has 0 spiro atoms. The van der Waals surface area contributed by atoms with Crippen LogP contribution in [-0.4, -0.2) is 30.4 Å². The molecule has 6 heteroatoms. The van der Waals surface area contributed by atoms with Crippen LogP contribution in [0.4, 0.5) is 0 Å². The summed E-state index contributed by atoms with van der Waals surface area (Å²) in [5.74, 6) is -0.291. The molecule has 1 aromatic rings. The summed E-state index contributed by atoms with van der Waals surface area (Å²) in [5, 5.41) is 5.45. The minimum Gasteiger partial charge on any atom is -0.353 e. The first-order valence-corrected chi connectivity index (χ1v) is 6.91. The lowest BCUT2D eigenvalue weighted by Gasteiger charge is -2.10. The zero-order chi connectivity index (χ0) is 13.9. The van der Waals surface area contributed by atoms with Crippen LogP contribution in [0.25, 0.3) is 0 Å². The highest BCUT2D eigenvalue weighted by Crippen LogP contribution is 2.31. The molecule has 0 saturated heterocycles. The summed E-state index contributed by atoms with van der Waals surface area (Å²) in [6.07, 6.45) is 1.48. The highest BCUT2D eigenvalue weighted by molar-refractivity contribution is 9.10. The Morgan fingerprint density at radius 1 is 1.16 bits per heavy atom. The average molecular weight is 326 g/mol. The number of nitrogens with two attached hydrogens (primary N) is 1. The molecule has 0 aromatic heterocycles. The van der Waals surface area contributed by atoms with Crippen molar-refractivity contribution in [1.82, 2.24) is 10.6 Å². The Balaban J connectivity index is 1.69. The van der Waals surface area contributed by atoms with Gasteiger partial charge in [-0.05, 0) is 37.1 Å². The van der Waals surface area contributed by atoms with E-state index in [0.29, 0.717) is 18.7 Å². The van der Waals surface area contributed by atoms with Gasteiger partial charge in [0, 0.05) is 23.1 Å². The zero-order valence-corrected chi connectivity index (χ0v) is 12.0. The molecular formula is C13H16BrN3O2. The van der Waals surface area contributed by atoms with E-state index in [1.165, 1.54) is 0 Å². The first kappa shape index (κ1) is 14.0. The fourth-order valence-electron chi connectivity index (χ4n) is 1.59. The molecule has 1 aliphatic carbocycles. The maximum absolute atomic E-state index is 11.7. The Bertz CT molecular complexity index is 483. The van der Waals surface area contributed by atoms with Crippen LogP contribution in [0.5, 0.6) is 0 Å². The van der Waals surface area contributed by atoms with E-state index in [1.807, 2.05) is 12.1 Å². The number of hydrogen-bond acceptors (Lipinski definition) is 3. The molecule has 1 aliphatic rings. The van der Waals surface area contributed by atoms with Crippen molar-refractivity contribution < 1.29 is 9.59 Å². The Morgan fingerprint density at radius 2 is 1.74 bits per heavy atom. The van der Waals surface area contributed by atoms with Crippen LogP contribution in [0.2, 0.25) is 0 Å². The lowest BCUT2D eigenvalue weighted by Crippen LogP contribution is -2.45. The topological polar surface area (TPSA) is 84.2 Å². The smallest absolute Gasteiger partial charge is 0.251 e. The summed E-state index contributed by atoms with van der Waals surface area (Å²) in [4.78, 5) is 23.3. The minimum absolute atomic E-state index is 0.134. The summed E-state index contributed by atoms with van der Waals surface area (Å²) in [6, 6.07) is 7.08. The van der Waals surface area contributed by atoms with Crippen molar-refractivity contribution in [3.05, 3.63) is 34.3 Å². The number of benzene rings is 1. The number of carbonyl (C=O) groups is 2. The predicted octanol–water partition coefficient (Wildman–Crippen LogP) is 0.786. The van der Waals surface area contributed by atoms with Crippen molar-refractivity contribution in [2.75, 3.05) is 13.1 Å². The second-order valence-electron chi connectivity index (χ2n) is 4.67. The minimum atomic E-state index is -0.657. The normalized spacial score (nSPS) is 15.7. The molecule has 5 nitrogen and oxygen atoms in total. The Kier molecular flexibility index (Phi) is 4.21. The van der Waals surface area contributed by atoms with E-state index in [-0.39, 0.29) is 11.8 Å². The van der Waals surface area contributed by atoms with Gasteiger partial charge in [0.05, 0.1) is 5.54 Å². The van der Waals surface area contributed by atoms with Gasteiger partial charge in [-0.2, -0.15) is 0 Å². The third-order valence-electron chi connectivity index (χ3n) is 3.04. The van der Waals surface area contributed by atoms with Crippen LogP contribution in [-0.2, 0) is 4.79 Å². The zero-order valence-electron chi connectivity index (χ0n) is 10.4. The number of hydrogen-bond donors (Lipinski definition) is 3. The van der Waals surface area contributed by atoms with Crippen molar-refractivity contribution in [2.45, 2.75) is 18.4 Å². The van der Waals surface area contributed by atoms with Gasteiger partial charge in [0.25, 0.3) is 5.91 Å². The molecule has 0 unspecified atom stereocenters. The molecule has 1 aromatic carbocycles. The molecule has 0 bridgehead atoms. The largest absolute Gasteiger partial charge is 0.353 e. The number of carbonyl (C=O) groups excluding carboxylic acids is 2. The summed E-state index contributed by atoms with van der Waals surface area (Å²) >= 11 is 3.31. The van der Waals surface area contributed by atoms with Gasteiger partial charge in [0.15, 0.2) is 0 Å². The van der Waals surface area contributed by atoms with E-state index in [1.54, 1.807) is 12.1 Å². The molecular weight excluding hydrogens is 310 g/mol. The van der Waals surface area contributed by atoms with Crippen LogP contribution in [0, 0.1) is 0 Å². The fraction of sp³-hybridized carbons (Fsp3) is 0.385. The van der Waals surface area contributed by atoms with Gasteiger partial charge < -0.3 is 16.4 Å². The summed E-state index contributed by atoms with van der Waals surface area (Å²) < 4.78 is 0.925. The van der Waals surface area contributed by atoms with Crippen molar-refractivity contribution in [3.8, 4) is 0 Å². The second kappa shape index (κ2) is 5.71. The third-order valence-corrected chi connectivity index (χ3v) is 3.57. The third kappa shape index (κ3) is 3.78. The molecule has 1 saturated carbocycles. The van der Waals surface area contributed by atoms with Crippen LogP contribution in [0.3, 0.4) is 0 Å². The number of amides is 2. The summed E-state index contributed by atoms with van der Waals surface area (Å²) in [5.41, 5.74) is 5.67. The average Bonchev–Trinajstić information content (AvgIpc) is 3.14. The van der Waals surface area contributed by atoms with Crippen molar-refractivity contribution in [2.24, 2.45) is 5.73 Å². The van der Waals surface area contributed by atoms with Crippen molar-refractivity contribution >= 4 is 27.7 Å². The summed E-state index contributed by atoms with van der Waals surface area (Å²) in [7, 11) is 0. The van der Waals surface area contributed by atoms with Crippen LogP contribution in [0.15, 0.2) is 28.7 Å². The standard InChI is InChI=1S/C13H16BrN3O2/c14-10-3-1-9(2-4-10)11(18)16-7-8-17-12(19)13(15)5-6-13/h1-4H,5-8,15H2,(H,16,18)(H,17,19). The maximum atomic E-state index is 11.7. The van der Waals surface area contributed by atoms with Gasteiger partial charge in [0.2, 0.25) is 5.91 Å². The van der Waals surface area contributed by atoms with Gasteiger partial charge >= 0.3 is 0 Å². The van der Waals surface area contributed by atoms with Gasteiger partial charge in [-0.25, -0.2) is 0 Å². The SMILES string of the molecule is NC1(C(=O)NCCNC(=O)c2ccc(Br)cc2)CC1. The van der Waals surface area contributed by atoms with Gasteiger partial charge in [-0.3, -0.25) is 9.59 Å². The molecule has 2 amide bonds. The molecule has 0 heterocycles. The highest BCUT2D eigenvalue weighted by Gasteiger charge is 2.45. The molecule has 0 radical (unpaired) electrons. The van der Waals surface area contributed by atoms with Crippen molar-refractivity contribution in [1.29, 1.82) is 0 Å². The molecule has 0 atom stereocenters.